The molecule has 0 heterocycles. The summed E-state index contributed by atoms with van der Waals surface area (Å²) in [5.41, 5.74) is 2.95. The third kappa shape index (κ3) is 3.50. The highest BCUT2D eigenvalue weighted by molar-refractivity contribution is 5.87. The molecule has 0 aromatic heterocycles. The second kappa shape index (κ2) is 7.41. The Balaban J connectivity index is 1.65. The smallest absolute Gasteiger partial charge is 0.330 e. The number of ether oxygens (including phenoxy) is 2. The van der Waals surface area contributed by atoms with Crippen molar-refractivity contribution < 1.29 is 19.4 Å². The maximum absolute atomic E-state index is 11.3. The number of carbonyl (C=O) groups excluding carboxylic acids is 1. The monoisotopic (exact) mass is 368 g/mol. The quantitative estimate of drug-likeness (QED) is 0.472. The lowest BCUT2D eigenvalue weighted by Crippen LogP contribution is -2.38. The van der Waals surface area contributed by atoms with Crippen molar-refractivity contribution in [2.45, 2.75) is 38.5 Å². The van der Waals surface area contributed by atoms with Gasteiger partial charge < -0.3 is 14.6 Å². The van der Waals surface area contributed by atoms with Crippen LogP contribution in [0.2, 0.25) is 0 Å². The van der Waals surface area contributed by atoms with Gasteiger partial charge in [-0.2, -0.15) is 0 Å². The fourth-order valence-corrected chi connectivity index (χ4v) is 5.56. The molecule has 1 N–H and O–H groups in total. The summed E-state index contributed by atoms with van der Waals surface area (Å²) in [6.45, 7) is 0. The van der Waals surface area contributed by atoms with Gasteiger partial charge in [0.1, 0.15) is 11.5 Å². The molecule has 4 rings (SSSR count). The average Bonchev–Trinajstić information content (AvgIpc) is 2.67. The summed E-state index contributed by atoms with van der Waals surface area (Å²) in [7, 11) is 3.07. The molecule has 27 heavy (non-hydrogen) atoms. The normalized spacial score (nSPS) is 31.0. The van der Waals surface area contributed by atoms with Gasteiger partial charge in [0.25, 0.3) is 0 Å². The Kier molecular flexibility index (Phi) is 4.98. The van der Waals surface area contributed by atoms with Gasteiger partial charge in [0.15, 0.2) is 0 Å². The zero-order valence-electron chi connectivity index (χ0n) is 16.1. The number of phenolic OH excluding ortho intramolecular Hbond substituents is 1. The Bertz CT molecular complexity index is 790. The van der Waals surface area contributed by atoms with Crippen LogP contribution in [0.5, 0.6) is 5.75 Å². The van der Waals surface area contributed by atoms with E-state index in [4.69, 9.17) is 4.74 Å². The van der Waals surface area contributed by atoms with Gasteiger partial charge in [0.2, 0.25) is 0 Å². The van der Waals surface area contributed by atoms with Crippen LogP contribution in [-0.4, -0.2) is 25.3 Å². The summed E-state index contributed by atoms with van der Waals surface area (Å²) >= 11 is 0. The van der Waals surface area contributed by atoms with Crippen LogP contribution < -0.4 is 0 Å². The molecular formula is C23H28O4. The van der Waals surface area contributed by atoms with E-state index in [0.29, 0.717) is 11.5 Å². The van der Waals surface area contributed by atoms with Crippen molar-refractivity contribution in [1.82, 2.24) is 0 Å². The maximum Gasteiger partial charge on any atom is 0.330 e. The first kappa shape index (κ1) is 18.1. The molecular weight excluding hydrogens is 340 g/mol. The van der Waals surface area contributed by atoms with Crippen LogP contribution in [0.4, 0.5) is 0 Å². The molecule has 1 aromatic carbocycles. The Labute approximate surface area is 160 Å². The second-order valence-corrected chi connectivity index (χ2v) is 8.26. The fourth-order valence-electron chi connectivity index (χ4n) is 5.56. The van der Waals surface area contributed by atoms with Crippen molar-refractivity contribution in [2.24, 2.45) is 23.7 Å². The molecule has 0 aliphatic heterocycles. The first-order valence-corrected chi connectivity index (χ1v) is 9.95. The lowest BCUT2D eigenvalue weighted by atomic mass is 9.56. The van der Waals surface area contributed by atoms with Gasteiger partial charge in [-0.3, -0.25) is 0 Å². The Morgan fingerprint density at radius 1 is 1.11 bits per heavy atom. The van der Waals surface area contributed by atoms with Crippen molar-refractivity contribution in [2.75, 3.05) is 14.2 Å². The lowest BCUT2D eigenvalue weighted by molar-refractivity contribution is -0.134. The van der Waals surface area contributed by atoms with Crippen molar-refractivity contribution in [3.8, 4) is 5.75 Å². The summed E-state index contributed by atoms with van der Waals surface area (Å²) in [4.78, 5) is 11.3. The number of hydrogen-bond donors (Lipinski definition) is 1. The molecule has 3 aliphatic rings. The third-order valence-electron chi connectivity index (χ3n) is 6.82. The van der Waals surface area contributed by atoms with Crippen molar-refractivity contribution in [3.05, 3.63) is 41.0 Å². The minimum atomic E-state index is -0.442. The van der Waals surface area contributed by atoms with Gasteiger partial charge in [-0.05, 0) is 73.5 Å². The number of carbonyl (C=O) groups is 1. The van der Waals surface area contributed by atoms with Crippen molar-refractivity contribution in [3.63, 3.8) is 0 Å². The zero-order valence-corrected chi connectivity index (χ0v) is 16.1. The number of hydrogen-bond acceptors (Lipinski definition) is 4. The number of methoxy groups -OCH3 is 2. The Morgan fingerprint density at radius 3 is 2.70 bits per heavy atom. The van der Waals surface area contributed by atoms with Crippen LogP contribution in [0.1, 0.15) is 49.7 Å². The van der Waals surface area contributed by atoms with Gasteiger partial charge in [0, 0.05) is 17.2 Å². The SMILES string of the molecule is COC(=O)/C=C/c1ccc(/C(OC)=C2/CC3CCC4CC2CC3C4)cc1O. The van der Waals surface area contributed by atoms with Crippen LogP contribution in [0.15, 0.2) is 29.8 Å². The molecule has 0 saturated heterocycles. The van der Waals surface area contributed by atoms with Crippen molar-refractivity contribution in [1.29, 1.82) is 0 Å². The van der Waals surface area contributed by atoms with Crippen LogP contribution >= 0.6 is 0 Å². The van der Waals surface area contributed by atoms with Crippen LogP contribution in [0.25, 0.3) is 11.8 Å². The van der Waals surface area contributed by atoms with Gasteiger partial charge in [-0.15, -0.1) is 0 Å². The van der Waals surface area contributed by atoms with Gasteiger partial charge in [-0.25, -0.2) is 4.79 Å². The zero-order chi connectivity index (χ0) is 19.0. The predicted octanol–water partition coefficient (Wildman–Crippen LogP) is 4.78. The highest BCUT2D eigenvalue weighted by Gasteiger charge is 2.44. The number of allylic oxidation sites excluding steroid dienone is 1. The van der Waals surface area contributed by atoms with Gasteiger partial charge in [0.05, 0.1) is 14.2 Å². The number of rotatable bonds is 4. The predicted molar refractivity (Wildman–Crippen MR) is 105 cm³/mol. The Morgan fingerprint density at radius 2 is 1.96 bits per heavy atom. The number of esters is 1. The first-order valence-electron chi connectivity index (χ1n) is 9.95. The number of phenols is 1. The molecule has 3 fully saturated rings. The number of benzene rings is 1. The highest BCUT2D eigenvalue weighted by Crippen LogP contribution is 2.55. The van der Waals surface area contributed by atoms with Crippen molar-refractivity contribution >= 4 is 17.8 Å². The highest BCUT2D eigenvalue weighted by atomic mass is 16.5. The molecule has 4 heteroatoms. The first-order chi connectivity index (χ1) is 13.1. The maximum atomic E-state index is 11.3. The van der Waals surface area contributed by atoms with Crippen LogP contribution in [-0.2, 0) is 14.3 Å². The van der Waals surface area contributed by atoms with E-state index in [1.807, 2.05) is 12.1 Å². The molecule has 3 aliphatic carbocycles. The number of fused-ring (bicyclic) bond motifs is 2. The summed E-state index contributed by atoms with van der Waals surface area (Å²) in [6, 6.07) is 5.54. The molecule has 0 spiro atoms. The van der Waals surface area contributed by atoms with Crippen LogP contribution in [0, 0.1) is 23.7 Å². The average molecular weight is 368 g/mol. The van der Waals surface area contributed by atoms with E-state index in [9.17, 15) is 9.90 Å². The molecule has 144 valence electrons. The standard InChI is InChI=1S/C23H28O4/c1-26-22(25)8-7-15-5-6-17(13-21(15)24)23(27-2)20-12-16-4-3-14-9-18(16)11-19(20)10-14/h5-8,13-14,16,18-19,24H,3-4,9-12H2,1-2H3/b8-7+,23-20+. The summed E-state index contributed by atoms with van der Waals surface area (Å²) in [5, 5.41) is 10.4. The fraction of sp³-hybridized carbons (Fsp3) is 0.522. The molecule has 1 aromatic rings. The van der Waals surface area contributed by atoms with E-state index in [1.165, 1.54) is 50.9 Å². The van der Waals surface area contributed by atoms with Crippen LogP contribution in [0.3, 0.4) is 0 Å². The molecule has 4 unspecified atom stereocenters. The van der Waals surface area contributed by atoms with Gasteiger partial charge in [-0.1, -0.05) is 18.6 Å². The van der Waals surface area contributed by atoms with Gasteiger partial charge >= 0.3 is 5.97 Å². The van der Waals surface area contributed by atoms with E-state index in [0.717, 1.165) is 35.5 Å². The molecule has 4 atom stereocenters. The topological polar surface area (TPSA) is 55.8 Å². The van der Waals surface area contributed by atoms with E-state index >= 15 is 0 Å². The molecule has 0 amide bonds. The van der Waals surface area contributed by atoms with E-state index in [2.05, 4.69) is 4.74 Å². The molecule has 4 nitrogen and oxygen atoms in total. The largest absolute Gasteiger partial charge is 0.507 e. The van der Waals surface area contributed by atoms with E-state index < -0.39 is 5.97 Å². The Hall–Kier alpha value is -2.23. The third-order valence-corrected chi connectivity index (χ3v) is 6.82. The number of aromatic hydroxyl groups is 1. The minimum Gasteiger partial charge on any atom is -0.507 e. The molecule has 0 radical (unpaired) electrons. The summed E-state index contributed by atoms with van der Waals surface area (Å²) in [6.07, 6.45) is 10.8. The van der Waals surface area contributed by atoms with E-state index in [1.54, 1.807) is 19.3 Å². The summed E-state index contributed by atoms with van der Waals surface area (Å²) in [5.74, 6) is 3.85. The molecule has 3 saturated carbocycles. The second-order valence-electron chi connectivity index (χ2n) is 8.26. The lowest BCUT2D eigenvalue weighted by Gasteiger charge is -2.49. The minimum absolute atomic E-state index is 0.140. The summed E-state index contributed by atoms with van der Waals surface area (Å²) < 4.78 is 10.5. The van der Waals surface area contributed by atoms with E-state index in [-0.39, 0.29) is 5.75 Å². The molecule has 3 bridgehead atoms.